The van der Waals surface area contributed by atoms with Crippen molar-refractivity contribution in [1.82, 2.24) is 14.1 Å². The maximum absolute atomic E-state index is 15.3. The third-order valence-electron chi connectivity index (χ3n) is 10.4. The quantitative estimate of drug-likeness (QED) is 0.293. The van der Waals surface area contributed by atoms with Crippen molar-refractivity contribution in [3.05, 3.63) is 69.7 Å². The third-order valence-corrected chi connectivity index (χ3v) is 13.2. The average molecular weight is 677 g/mol. The van der Waals surface area contributed by atoms with E-state index in [-0.39, 0.29) is 35.3 Å². The number of morpholine rings is 1. The molecule has 2 aliphatic carbocycles. The van der Waals surface area contributed by atoms with Gasteiger partial charge in [-0.25, -0.2) is 12.7 Å². The second kappa shape index (κ2) is 13.2. The summed E-state index contributed by atoms with van der Waals surface area (Å²) in [6.45, 7) is 5.77. The molecule has 2 aromatic rings. The van der Waals surface area contributed by atoms with Gasteiger partial charge >= 0.3 is 0 Å². The standard InChI is InChI=1S/C34H43Cl2N3O5S/c1-3-27(22-37(2)45(42,43)28-11-12-28)39-32(23-7-9-25(35)10-8-23)29(24-5-4-6-26(36)19-24)21-34(33(39)41,30-20-31(30)40)13-14-38-15-17-44-18-16-38/h4-10,19,27-30,32H,3,11-18,20-22H2,1-2H3. The minimum atomic E-state index is -3.46. The molecule has 0 bridgehead atoms. The van der Waals surface area contributed by atoms with Crippen LogP contribution in [0.3, 0.4) is 0 Å². The number of carbonyl (C=O) groups excluding carboxylic acids is 2. The summed E-state index contributed by atoms with van der Waals surface area (Å²) >= 11 is 12.9. The third kappa shape index (κ3) is 6.72. The Morgan fingerprint density at radius 2 is 1.71 bits per heavy atom. The van der Waals surface area contributed by atoms with Crippen LogP contribution in [0.15, 0.2) is 48.5 Å². The first-order valence-electron chi connectivity index (χ1n) is 16.2. The van der Waals surface area contributed by atoms with E-state index in [4.69, 9.17) is 27.9 Å². The molecule has 8 nitrogen and oxygen atoms in total. The summed E-state index contributed by atoms with van der Waals surface area (Å²) < 4.78 is 33.7. The largest absolute Gasteiger partial charge is 0.379 e. The first kappa shape index (κ1) is 32.9. The van der Waals surface area contributed by atoms with E-state index in [9.17, 15) is 13.2 Å². The Morgan fingerprint density at radius 1 is 1.02 bits per heavy atom. The molecule has 4 aliphatic rings. The minimum absolute atomic E-state index is 0.0473. The fourth-order valence-corrected chi connectivity index (χ4v) is 9.53. The highest BCUT2D eigenvalue weighted by Gasteiger charge is 2.63. The van der Waals surface area contributed by atoms with Crippen LogP contribution in [0.25, 0.3) is 0 Å². The van der Waals surface area contributed by atoms with Gasteiger partial charge < -0.3 is 9.64 Å². The molecule has 2 heterocycles. The number of ether oxygens (including phenoxy) is 1. The van der Waals surface area contributed by atoms with Gasteiger partial charge in [0.05, 0.1) is 29.9 Å². The lowest BCUT2D eigenvalue weighted by atomic mass is 9.63. The molecule has 2 aliphatic heterocycles. The zero-order chi connectivity index (χ0) is 31.9. The van der Waals surface area contributed by atoms with E-state index in [1.165, 1.54) is 4.31 Å². The van der Waals surface area contributed by atoms with Gasteiger partial charge in [-0.2, -0.15) is 0 Å². The van der Waals surface area contributed by atoms with Crippen molar-refractivity contribution in [2.75, 3.05) is 46.4 Å². The molecular formula is C34H43Cl2N3O5S. The normalized spacial score (nSPS) is 28.5. The number of nitrogens with zero attached hydrogens (tertiary/aromatic N) is 3. The molecule has 11 heteroatoms. The second-order valence-corrected chi connectivity index (χ2v) is 16.4. The number of halogens is 2. The highest BCUT2D eigenvalue weighted by molar-refractivity contribution is 7.90. The van der Waals surface area contributed by atoms with E-state index >= 15 is 4.79 Å². The van der Waals surface area contributed by atoms with Crippen molar-refractivity contribution < 1.29 is 22.7 Å². The Bertz CT molecular complexity index is 1510. The fraction of sp³-hybridized carbons (Fsp3) is 0.588. The van der Waals surface area contributed by atoms with E-state index in [2.05, 4.69) is 11.0 Å². The predicted molar refractivity (Wildman–Crippen MR) is 176 cm³/mol. The Hall–Kier alpha value is -2.01. The fourth-order valence-electron chi connectivity index (χ4n) is 7.59. The molecule has 4 fully saturated rings. The number of rotatable bonds is 12. The van der Waals surface area contributed by atoms with Crippen LogP contribution in [0.4, 0.5) is 0 Å². The van der Waals surface area contributed by atoms with Crippen molar-refractivity contribution in [1.29, 1.82) is 0 Å². The van der Waals surface area contributed by atoms with Gasteiger partial charge in [0.15, 0.2) is 0 Å². The first-order chi connectivity index (χ1) is 21.5. The molecule has 0 N–H and O–H groups in total. The molecule has 0 spiro atoms. The summed E-state index contributed by atoms with van der Waals surface area (Å²) in [5.41, 5.74) is 1.01. The minimum Gasteiger partial charge on any atom is -0.379 e. The number of likely N-dealkylation sites (tertiary alicyclic amines) is 1. The van der Waals surface area contributed by atoms with Crippen LogP contribution in [0.5, 0.6) is 0 Å². The molecule has 45 heavy (non-hydrogen) atoms. The number of ketones is 1. The first-order valence-corrected chi connectivity index (χ1v) is 18.4. The molecule has 5 unspecified atom stereocenters. The summed E-state index contributed by atoms with van der Waals surface area (Å²) in [4.78, 5) is 32.7. The Balaban J connectivity index is 1.47. The van der Waals surface area contributed by atoms with Crippen LogP contribution < -0.4 is 0 Å². The Morgan fingerprint density at radius 3 is 2.31 bits per heavy atom. The maximum atomic E-state index is 15.3. The SMILES string of the molecule is CCC(CN(C)S(=O)(=O)C1CC1)N1C(=O)C(CCN2CCOCC2)(C2CC2=O)CC(c2cccc(Cl)c2)C1c1ccc(Cl)cc1. The Kier molecular flexibility index (Phi) is 9.69. The molecule has 2 saturated carbocycles. The average Bonchev–Trinajstić information content (AvgIpc) is 3.97. The van der Waals surface area contributed by atoms with Crippen LogP contribution in [0, 0.1) is 11.3 Å². The molecule has 244 valence electrons. The van der Waals surface area contributed by atoms with Crippen LogP contribution >= 0.6 is 23.2 Å². The van der Waals surface area contributed by atoms with Crippen molar-refractivity contribution in [2.24, 2.45) is 11.3 Å². The van der Waals surface area contributed by atoms with Crippen molar-refractivity contribution in [2.45, 2.75) is 68.7 Å². The number of sulfonamides is 1. The number of likely N-dealkylation sites (N-methyl/N-ethyl adjacent to an activating group) is 1. The van der Waals surface area contributed by atoms with E-state index in [1.807, 2.05) is 54.3 Å². The highest BCUT2D eigenvalue weighted by Crippen LogP contribution is 2.59. The lowest BCUT2D eigenvalue weighted by Gasteiger charge is -2.54. The summed E-state index contributed by atoms with van der Waals surface area (Å²) in [6, 6.07) is 14.6. The van der Waals surface area contributed by atoms with E-state index in [1.54, 1.807) is 7.05 Å². The number of carbonyl (C=O) groups is 2. The van der Waals surface area contributed by atoms with Crippen molar-refractivity contribution in [3.63, 3.8) is 0 Å². The molecular weight excluding hydrogens is 633 g/mol. The van der Waals surface area contributed by atoms with E-state index in [0.29, 0.717) is 68.3 Å². The zero-order valence-corrected chi connectivity index (χ0v) is 28.4. The second-order valence-electron chi connectivity index (χ2n) is 13.2. The van der Waals surface area contributed by atoms with Gasteiger partial charge in [-0.05, 0) is 74.0 Å². The van der Waals surface area contributed by atoms with Gasteiger partial charge in [-0.1, -0.05) is 54.4 Å². The molecule has 2 aromatic carbocycles. The molecule has 6 rings (SSSR count). The zero-order valence-electron chi connectivity index (χ0n) is 26.0. The van der Waals surface area contributed by atoms with Gasteiger partial charge in [0.25, 0.3) is 0 Å². The predicted octanol–water partition coefficient (Wildman–Crippen LogP) is 5.55. The highest BCUT2D eigenvalue weighted by atomic mass is 35.5. The molecule has 1 amide bonds. The molecule has 0 aromatic heterocycles. The van der Waals surface area contributed by atoms with Gasteiger partial charge in [0, 0.05) is 61.0 Å². The number of Topliss-reactive ketones (excluding diaryl/α,β-unsaturated/α-hetero) is 1. The summed E-state index contributed by atoms with van der Waals surface area (Å²) in [5.74, 6) is -0.456. The molecule has 5 atom stereocenters. The van der Waals surface area contributed by atoms with Gasteiger partial charge in [0.1, 0.15) is 5.78 Å². The number of hydrogen-bond acceptors (Lipinski definition) is 6. The maximum Gasteiger partial charge on any atom is 0.230 e. The van der Waals surface area contributed by atoms with Crippen LogP contribution in [0.2, 0.25) is 10.0 Å². The van der Waals surface area contributed by atoms with Crippen molar-refractivity contribution >= 4 is 44.9 Å². The smallest absolute Gasteiger partial charge is 0.230 e. The van der Waals surface area contributed by atoms with Crippen LogP contribution in [-0.2, 0) is 24.3 Å². The van der Waals surface area contributed by atoms with Gasteiger partial charge in [-0.3, -0.25) is 14.5 Å². The molecule has 0 radical (unpaired) electrons. The summed E-state index contributed by atoms with van der Waals surface area (Å²) in [7, 11) is -1.83. The number of hydrogen-bond donors (Lipinski definition) is 0. The van der Waals surface area contributed by atoms with Crippen LogP contribution in [-0.4, -0.2) is 91.9 Å². The van der Waals surface area contributed by atoms with E-state index < -0.39 is 27.5 Å². The topological polar surface area (TPSA) is 87.2 Å². The number of piperidine rings is 1. The summed E-state index contributed by atoms with van der Waals surface area (Å²) in [6.07, 6.45) is 3.35. The Labute approximate surface area is 277 Å². The monoisotopic (exact) mass is 675 g/mol. The van der Waals surface area contributed by atoms with Gasteiger partial charge in [-0.15, -0.1) is 0 Å². The summed E-state index contributed by atoms with van der Waals surface area (Å²) in [5, 5.41) is 0.854. The van der Waals surface area contributed by atoms with Gasteiger partial charge in [0.2, 0.25) is 15.9 Å². The lowest BCUT2D eigenvalue weighted by molar-refractivity contribution is -0.160. The molecule has 2 saturated heterocycles. The van der Waals surface area contributed by atoms with Crippen LogP contribution in [0.1, 0.15) is 68.5 Å². The number of amides is 1. The van der Waals surface area contributed by atoms with Crippen molar-refractivity contribution in [3.8, 4) is 0 Å². The lowest BCUT2D eigenvalue weighted by Crippen LogP contribution is -2.60. The number of benzene rings is 2. The van der Waals surface area contributed by atoms with E-state index in [0.717, 1.165) is 24.2 Å².